The van der Waals surface area contributed by atoms with E-state index in [9.17, 15) is 18.0 Å². The van der Waals surface area contributed by atoms with E-state index in [0.717, 1.165) is 17.8 Å². The fraction of sp³-hybridized carbons (Fsp3) is 0.438. The summed E-state index contributed by atoms with van der Waals surface area (Å²) < 4.78 is 49.7. The number of aryl methyl sites for hydroxylation is 1. The molecule has 154 valence electrons. The molecule has 0 aliphatic carbocycles. The minimum atomic E-state index is -4.69. The Bertz CT molecular complexity index is 937. The van der Waals surface area contributed by atoms with E-state index in [4.69, 9.17) is 14.5 Å². The number of ether oxygens (including phenoxy) is 1. The number of nitriles is 1. The van der Waals surface area contributed by atoms with Crippen molar-refractivity contribution < 1.29 is 32.0 Å². The Hall–Kier alpha value is -2.85. The first kappa shape index (κ1) is 20.9. The molecule has 0 radical (unpaired) electrons. The maximum atomic E-state index is 13.1. The van der Waals surface area contributed by atoms with E-state index in [-0.39, 0.29) is 22.4 Å². The second-order valence-electron chi connectivity index (χ2n) is 5.99. The van der Waals surface area contributed by atoms with Gasteiger partial charge in [0.2, 0.25) is 11.2 Å². The number of aromatic nitrogens is 3. The van der Waals surface area contributed by atoms with Gasteiger partial charge in [0, 0.05) is 5.69 Å². The predicted molar refractivity (Wildman–Crippen MR) is 93.5 cm³/mol. The van der Waals surface area contributed by atoms with Gasteiger partial charge in [-0.3, -0.25) is 14.6 Å². The van der Waals surface area contributed by atoms with Gasteiger partial charge in [-0.05, 0) is 13.0 Å². The summed E-state index contributed by atoms with van der Waals surface area (Å²) in [6.45, 7) is 3.70. The maximum Gasteiger partial charge on any atom is 0.417 e. The number of nitrogens with one attached hydrogen (secondary N) is 1. The minimum absolute atomic E-state index is 0.0794. The van der Waals surface area contributed by atoms with Gasteiger partial charge in [-0.25, -0.2) is 4.98 Å². The van der Waals surface area contributed by atoms with Crippen LogP contribution in [0.25, 0.3) is 0 Å². The predicted octanol–water partition coefficient (Wildman–Crippen LogP) is 1.26. The van der Waals surface area contributed by atoms with E-state index >= 15 is 0 Å². The van der Waals surface area contributed by atoms with Gasteiger partial charge < -0.3 is 4.74 Å². The molecule has 1 amide bonds. The van der Waals surface area contributed by atoms with E-state index in [2.05, 4.69) is 15.6 Å². The van der Waals surface area contributed by atoms with Crippen molar-refractivity contribution in [2.45, 2.75) is 18.1 Å². The average Bonchev–Trinajstić information content (AvgIpc) is 3.14. The van der Waals surface area contributed by atoms with Crippen LogP contribution in [0.3, 0.4) is 0 Å². The molecule has 0 aromatic carbocycles. The maximum absolute atomic E-state index is 13.1. The summed E-state index contributed by atoms with van der Waals surface area (Å²) in [5, 5.41) is 17.1. The third-order valence-corrected chi connectivity index (χ3v) is 4.84. The van der Waals surface area contributed by atoms with Crippen molar-refractivity contribution in [3.63, 3.8) is 0 Å². The number of halogens is 3. The van der Waals surface area contributed by atoms with Crippen LogP contribution in [0.1, 0.15) is 16.8 Å². The SMILES string of the molecule is Cc1cc(C(F)(F)F)c(C#N)c(SCC(=O)Nc2c[n+](N3CCOCC3)no2)n1. The Kier molecular flexibility index (Phi) is 6.23. The number of morpholine rings is 1. The second kappa shape index (κ2) is 8.66. The van der Waals surface area contributed by atoms with Crippen molar-refractivity contribution >= 4 is 23.6 Å². The van der Waals surface area contributed by atoms with E-state index < -0.39 is 23.2 Å². The third kappa shape index (κ3) is 5.15. The summed E-state index contributed by atoms with van der Waals surface area (Å²) in [5.74, 6) is -0.724. The van der Waals surface area contributed by atoms with Crippen LogP contribution in [0.5, 0.6) is 0 Å². The van der Waals surface area contributed by atoms with Gasteiger partial charge in [-0.1, -0.05) is 11.8 Å². The molecule has 3 heterocycles. The molecule has 13 heteroatoms. The van der Waals surface area contributed by atoms with Crippen LogP contribution < -0.4 is 15.1 Å². The number of carbonyl (C=O) groups excluding carboxylic acids is 1. The van der Waals surface area contributed by atoms with E-state index in [0.29, 0.717) is 26.3 Å². The molecular formula is C16H16F3N6O3S+. The molecule has 0 atom stereocenters. The molecule has 1 saturated heterocycles. The zero-order chi connectivity index (χ0) is 21.0. The Morgan fingerprint density at radius 1 is 1.45 bits per heavy atom. The van der Waals surface area contributed by atoms with Gasteiger partial charge in [0.15, 0.2) is 0 Å². The molecule has 9 nitrogen and oxygen atoms in total. The first-order valence-corrected chi connectivity index (χ1v) is 9.39. The van der Waals surface area contributed by atoms with Gasteiger partial charge in [-0.15, -0.1) is 5.01 Å². The largest absolute Gasteiger partial charge is 0.417 e. The standard InChI is InChI=1S/C16H15F3N6O3S/c1-10-6-12(16(17,18)19)11(7-20)15(21-10)29-9-13(26)22-14-8-25(23-28-14)24-2-4-27-5-3-24/h6,8H,2-5,9H2,1H3/p+1. The van der Waals surface area contributed by atoms with Gasteiger partial charge in [-0.2, -0.15) is 18.4 Å². The normalized spacial score (nSPS) is 14.5. The van der Waals surface area contributed by atoms with Gasteiger partial charge in [0.1, 0.15) is 11.1 Å². The fourth-order valence-electron chi connectivity index (χ4n) is 2.57. The lowest BCUT2D eigenvalue weighted by atomic mass is 10.1. The topological polar surface area (TPSA) is 108 Å². The van der Waals surface area contributed by atoms with Gasteiger partial charge >= 0.3 is 12.1 Å². The summed E-state index contributed by atoms with van der Waals surface area (Å²) in [4.78, 5) is 17.5. The lowest BCUT2D eigenvalue weighted by Crippen LogP contribution is -2.62. The molecule has 1 fully saturated rings. The zero-order valence-corrected chi connectivity index (χ0v) is 16.0. The number of carbonyl (C=O) groups is 1. The number of anilines is 1. The first-order valence-electron chi connectivity index (χ1n) is 8.41. The molecule has 0 spiro atoms. The van der Waals surface area contributed by atoms with Crippen LogP contribution in [0.15, 0.2) is 21.8 Å². The summed E-state index contributed by atoms with van der Waals surface area (Å²) in [7, 11) is 0. The Morgan fingerprint density at radius 3 is 2.83 bits per heavy atom. The van der Waals surface area contributed by atoms with Crippen molar-refractivity contribution in [1.29, 1.82) is 5.26 Å². The van der Waals surface area contributed by atoms with Crippen LogP contribution in [0.4, 0.5) is 19.1 Å². The van der Waals surface area contributed by atoms with Crippen molar-refractivity contribution in [3.8, 4) is 6.07 Å². The van der Waals surface area contributed by atoms with Gasteiger partial charge in [0.05, 0.1) is 48.0 Å². The molecule has 1 aliphatic rings. The highest BCUT2D eigenvalue weighted by atomic mass is 32.2. The molecule has 2 aromatic rings. The summed E-state index contributed by atoms with van der Waals surface area (Å²) in [5.41, 5.74) is -1.58. The number of amides is 1. The molecule has 0 bridgehead atoms. The van der Waals surface area contributed by atoms with Crippen molar-refractivity contribution in [2.75, 3.05) is 42.4 Å². The number of alkyl halides is 3. The van der Waals surface area contributed by atoms with E-state index in [1.165, 1.54) is 24.0 Å². The number of nitrogens with zero attached hydrogens (tertiary/aromatic N) is 5. The molecule has 2 aromatic heterocycles. The van der Waals surface area contributed by atoms with Crippen LogP contribution >= 0.6 is 11.8 Å². The molecule has 0 unspecified atom stereocenters. The highest BCUT2D eigenvalue weighted by Gasteiger charge is 2.35. The number of hydrogen-bond acceptors (Lipinski definition) is 8. The zero-order valence-electron chi connectivity index (χ0n) is 15.2. The van der Waals surface area contributed by atoms with Crippen LogP contribution in [-0.4, -0.2) is 48.2 Å². The molecule has 29 heavy (non-hydrogen) atoms. The van der Waals surface area contributed by atoms with E-state index in [1.54, 1.807) is 0 Å². The number of pyridine rings is 1. The highest BCUT2D eigenvalue weighted by Crippen LogP contribution is 2.35. The van der Waals surface area contributed by atoms with E-state index in [1.807, 2.05) is 5.01 Å². The number of thioether (sulfide) groups is 1. The Balaban J connectivity index is 1.65. The second-order valence-corrected chi connectivity index (χ2v) is 6.95. The smallest absolute Gasteiger partial charge is 0.377 e. The van der Waals surface area contributed by atoms with Crippen LogP contribution in [-0.2, 0) is 15.7 Å². The summed E-state index contributed by atoms with van der Waals surface area (Å²) in [6, 6.07) is 2.34. The highest BCUT2D eigenvalue weighted by molar-refractivity contribution is 8.00. The number of rotatable bonds is 5. The first-order chi connectivity index (χ1) is 13.8. The van der Waals surface area contributed by atoms with Crippen molar-refractivity contribution in [1.82, 2.24) is 10.3 Å². The van der Waals surface area contributed by atoms with Crippen molar-refractivity contribution in [3.05, 3.63) is 29.1 Å². The molecular weight excluding hydrogens is 413 g/mol. The Labute approximate surface area is 167 Å². The van der Waals surface area contributed by atoms with Crippen molar-refractivity contribution in [2.24, 2.45) is 0 Å². The lowest BCUT2D eigenvalue weighted by molar-refractivity contribution is -0.759. The molecule has 1 N–H and O–H groups in total. The summed E-state index contributed by atoms with van der Waals surface area (Å²) in [6.07, 6.45) is -3.22. The van der Waals surface area contributed by atoms with Crippen LogP contribution in [0, 0.1) is 18.3 Å². The lowest BCUT2D eigenvalue weighted by Gasteiger charge is -2.18. The number of hydrogen-bond donors (Lipinski definition) is 1. The van der Waals surface area contributed by atoms with Gasteiger partial charge in [0.25, 0.3) is 6.20 Å². The molecule has 3 rings (SSSR count). The minimum Gasteiger partial charge on any atom is -0.377 e. The fourth-order valence-corrected chi connectivity index (χ4v) is 3.42. The average molecular weight is 429 g/mol. The molecule has 0 saturated carbocycles. The summed E-state index contributed by atoms with van der Waals surface area (Å²) >= 11 is 0.737. The van der Waals surface area contributed by atoms with Crippen LogP contribution in [0.2, 0.25) is 0 Å². The Morgan fingerprint density at radius 2 is 2.17 bits per heavy atom. The quantitative estimate of drug-likeness (QED) is 0.559. The third-order valence-electron chi connectivity index (χ3n) is 3.87. The monoisotopic (exact) mass is 429 g/mol. The molecule has 1 aliphatic heterocycles.